The standard InChI is InChI=1S/C20H15N5O3/c21-17(26)14-3-1-4-15(11-14)25-18-16(5-2-8-23-18)19(27)24(20(25)28)12-13-6-9-22-10-7-13/h1-11H,12H2,(H2,21,26). The van der Waals surface area contributed by atoms with Crippen molar-refractivity contribution < 1.29 is 4.79 Å². The molecule has 28 heavy (non-hydrogen) atoms. The predicted molar refractivity (Wildman–Crippen MR) is 103 cm³/mol. The van der Waals surface area contributed by atoms with Crippen molar-refractivity contribution in [1.29, 1.82) is 0 Å². The van der Waals surface area contributed by atoms with Gasteiger partial charge in [0.05, 0.1) is 17.6 Å². The van der Waals surface area contributed by atoms with Gasteiger partial charge in [-0.2, -0.15) is 0 Å². The van der Waals surface area contributed by atoms with Gasteiger partial charge in [-0.1, -0.05) is 6.07 Å². The van der Waals surface area contributed by atoms with Crippen LogP contribution < -0.4 is 17.0 Å². The number of hydrogen-bond acceptors (Lipinski definition) is 5. The van der Waals surface area contributed by atoms with Crippen LogP contribution in [0.1, 0.15) is 15.9 Å². The maximum absolute atomic E-state index is 13.2. The number of primary amides is 1. The first kappa shape index (κ1) is 17.3. The van der Waals surface area contributed by atoms with E-state index in [1.54, 1.807) is 54.9 Å². The molecule has 1 aromatic carbocycles. The summed E-state index contributed by atoms with van der Waals surface area (Å²) in [6, 6.07) is 13.0. The molecule has 0 atom stereocenters. The molecule has 3 aromatic heterocycles. The molecule has 4 aromatic rings. The van der Waals surface area contributed by atoms with E-state index in [2.05, 4.69) is 9.97 Å². The Balaban J connectivity index is 2.03. The first-order valence-corrected chi connectivity index (χ1v) is 8.46. The molecule has 0 fully saturated rings. The van der Waals surface area contributed by atoms with Crippen molar-refractivity contribution in [3.05, 3.63) is 99.1 Å². The van der Waals surface area contributed by atoms with E-state index >= 15 is 0 Å². The number of amides is 1. The average molecular weight is 373 g/mol. The predicted octanol–water partition coefficient (Wildman–Crippen LogP) is 1.09. The fourth-order valence-electron chi connectivity index (χ4n) is 3.03. The third-order valence-corrected chi connectivity index (χ3v) is 4.38. The molecule has 0 spiro atoms. The van der Waals surface area contributed by atoms with Crippen LogP contribution in [0.3, 0.4) is 0 Å². The van der Waals surface area contributed by atoms with Crippen LogP contribution in [0, 0.1) is 0 Å². The zero-order valence-electron chi connectivity index (χ0n) is 14.6. The van der Waals surface area contributed by atoms with Crippen molar-refractivity contribution in [3.8, 4) is 5.69 Å². The molecule has 138 valence electrons. The summed E-state index contributed by atoms with van der Waals surface area (Å²) in [6.07, 6.45) is 4.69. The topological polar surface area (TPSA) is 113 Å². The number of nitrogens with two attached hydrogens (primary N) is 1. The Bertz CT molecular complexity index is 1310. The molecule has 3 heterocycles. The van der Waals surface area contributed by atoms with Crippen molar-refractivity contribution in [3.63, 3.8) is 0 Å². The Labute approximate surface area is 158 Å². The second-order valence-electron chi connectivity index (χ2n) is 6.15. The van der Waals surface area contributed by atoms with E-state index < -0.39 is 17.2 Å². The second kappa shape index (κ2) is 6.92. The van der Waals surface area contributed by atoms with Crippen LogP contribution in [0.25, 0.3) is 16.7 Å². The molecule has 0 saturated heterocycles. The fraction of sp³-hybridized carbons (Fsp3) is 0.0500. The van der Waals surface area contributed by atoms with Crippen LogP contribution in [0.15, 0.2) is 76.7 Å². The minimum absolute atomic E-state index is 0.0839. The van der Waals surface area contributed by atoms with Gasteiger partial charge in [-0.15, -0.1) is 0 Å². The van der Waals surface area contributed by atoms with Gasteiger partial charge in [0.15, 0.2) is 5.65 Å². The van der Waals surface area contributed by atoms with Crippen molar-refractivity contribution in [2.45, 2.75) is 6.54 Å². The van der Waals surface area contributed by atoms with Crippen molar-refractivity contribution in [2.75, 3.05) is 0 Å². The molecule has 4 rings (SSSR count). The fourth-order valence-corrected chi connectivity index (χ4v) is 3.03. The number of aromatic nitrogens is 4. The number of rotatable bonds is 4. The Morgan fingerprint density at radius 1 is 1.00 bits per heavy atom. The van der Waals surface area contributed by atoms with E-state index in [0.717, 1.165) is 10.1 Å². The highest BCUT2D eigenvalue weighted by molar-refractivity contribution is 5.93. The monoisotopic (exact) mass is 373 g/mol. The number of carbonyl (C=O) groups excluding carboxylic acids is 1. The smallest absolute Gasteiger partial charge is 0.337 e. The summed E-state index contributed by atoms with van der Waals surface area (Å²) in [5, 5.41) is 0.292. The molecule has 8 nitrogen and oxygen atoms in total. The Hall–Kier alpha value is -4.07. The lowest BCUT2D eigenvalue weighted by molar-refractivity contribution is 0.1000. The van der Waals surface area contributed by atoms with E-state index in [9.17, 15) is 14.4 Å². The molecule has 0 aliphatic rings. The highest BCUT2D eigenvalue weighted by Gasteiger charge is 2.16. The lowest BCUT2D eigenvalue weighted by Crippen LogP contribution is -2.40. The van der Waals surface area contributed by atoms with E-state index in [0.29, 0.717) is 11.1 Å². The minimum Gasteiger partial charge on any atom is -0.366 e. The van der Waals surface area contributed by atoms with Crippen LogP contribution in [0.2, 0.25) is 0 Å². The molecular formula is C20H15N5O3. The molecule has 0 aliphatic carbocycles. The molecule has 0 aliphatic heterocycles. The van der Waals surface area contributed by atoms with Gasteiger partial charge in [0, 0.05) is 24.2 Å². The second-order valence-corrected chi connectivity index (χ2v) is 6.15. The minimum atomic E-state index is -0.614. The summed E-state index contributed by atoms with van der Waals surface area (Å²) in [4.78, 5) is 45.9. The Kier molecular flexibility index (Phi) is 4.29. The first-order valence-electron chi connectivity index (χ1n) is 8.46. The summed E-state index contributed by atoms with van der Waals surface area (Å²) >= 11 is 0. The molecule has 0 bridgehead atoms. The number of carbonyl (C=O) groups is 1. The van der Waals surface area contributed by atoms with Crippen LogP contribution in [0.5, 0.6) is 0 Å². The number of pyridine rings is 2. The van der Waals surface area contributed by atoms with E-state index in [1.165, 1.54) is 16.8 Å². The van der Waals surface area contributed by atoms with Gasteiger partial charge in [-0.3, -0.25) is 19.1 Å². The SMILES string of the molecule is NC(=O)c1cccc(-n2c(=O)n(Cc3ccncc3)c(=O)c3cccnc32)c1. The average Bonchev–Trinajstić information content (AvgIpc) is 2.72. The Morgan fingerprint density at radius 3 is 2.54 bits per heavy atom. The summed E-state index contributed by atoms with van der Waals surface area (Å²) in [5.74, 6) is -0.614. The van der Waals surface area contributed by atoms with Gasteiger partial charge in [-0.25, -0.2) is 14.3 Å². The number of benzene rings is 1. The van der Waals surface area contributed by atoms with Crippen molar-refractivity contribution in [1.82, 2.24) is 19.1 Å². The number of hydrogen-bond donors (Lipinski definition) is 1. The van der Waals surface area contributed by atoms with Crippen molar-refractivity contribution >= 4 is 16.9 Å². The van der Waals surface area contributed by atoms with Gasteiger partial charge >= 0.3 is 5.69 Å². The van der Waals surface area contributed by atoms with E-state index in [-0.39, 0.29) is 17.8 Å². The molecule has 8 heteroatoms. The Morgan fingerprint density at radius 2 is 1.79 bits per heavy atom. The molecule has 2 N–H and O–H groups in total. The van der Waals surface area contributed by atoms with E-state index in [1.807, 2.05) is 0 Å². The molecule has 0 radical (unpaired) electrons. The van der Waals surface area contributed by atoms with Crippen molar-refractivity contribution in [2.24, 2.45) is 5.73 Å². The lowest BCUT2D eigenvalue weighted by atomic mass is 10.2. The number of nitrogens with zero attached hydrogens (tertiary/aromatic N) is 4. The van der Waals surface area contributed by atoms with Gasteiger partial charge in [0.25, 0.3) is 5.56 Å². The molecular weight excluding hydrogens is 358 g/mol. The van der Waals surface area contributed by atoms with Gasteiger partial charge in [-0.05, 0) is 48.0 Å². The molecule has 0 unspecified atom stereocenters. The van der Waals surface area contributed by atoms with E-state index in [4.69, 9.17) is 5.73 Å². The lowest BCUT2D eigenvalue weighted by Gasteiger charge is -2.14. The summed E-state index contributed by atoms with van der Waals surface area (Å²) in [5.41, 5.74) is 5.99. The maximum Gasteiger partial charge on any atom is 0.337 e. The largest absolute Gasteiger partial charge is 0.366 e. The summed E-state index contributed by atoms with van der Waals surface area (Å²) in [7, 11) is 0. The van der Waals surface area contributed by atoms with Crippen LogP contribution in [-0.2, 0) is 6.54 Å². The maximum atomic E-state index is 13.2. The van der Waals surface area contributed by atoms with Gasteiger partial charge < -0.3 is 5.73 Å². The third kappa shape index (κ3) is 2.96. The summed E-state index contributed by atoms with van der Waals surface area (Å²) < 4.78 is 2.45. The quantitative estimate of drug-likeness (QED) is 0.575. The normalized spacial score (nSPS) is 10.9. The van der Waals surface area contributed by atoms with Gasteiger partial charge in [0.2, 0.25) is 5.91 Å². The third-order valence-electron chi connectivity index (χ3n) is 4.38. The highest BCUT2D eigenvalue weighted by Crippen LogP contribution is 2.14. The van der Waals surface area contributed by atoms with Gasteiger partial charge in [0.1, 0.15) is 0 Å². The number of fused-ring (bicyclic) bond motifs is 1. The zero-order chi connectivity index (χ0) is 19.7. The van der Waals surface area contributed by atoms with Crippen LogP contribution >= 0.6 is 0 Å². The highest BCUT2D eigenvalue weighted by atomic mass is 16.2. The first-order chi connectivity index (χ1) is 13.6. The van der Waals surface area contributed by atoms with Crippen LogP contribution in [-0.4, -0.2) is 25.0 Å². The molecule has 1 amide bonds. The van der Waals surface area contributed by atoms with Crippen LogP contribution in [0.4, 0.5) is 0 Å². The summed E-state index contributed by atoms with van der Waals surface area (Å²) in [6.45, 7) is 0.0839. The molecule has 0 saturated carbocycles. The zero-order valence-corrected chi connectivity index (χ0v) is 14.6.